The van der Waals surface area contributed by atoms with E-state index in [1.165, 1.54) is 16.0 Å². The molecule has 1 fully saturated rings. The van der Waals surface area contributed by atoms with Gasteiger partial charge in [0.2, 0.25) is 5.91 Å². The number of benzene rings is 2. The average Bonchev–Trinajstić information content (AvgIpc) is 3.44. The summed E-state index contributed by atoms with van der Waals surface area (Å²) in [6.07, 6.45) is 1.58. The first-order valence-corrected chi connectivity index (χ1v) is 11.0. The zero-order valence-corrected chi connectivity index (χ0v) is 18.2. The Bertz CT molecular complexity index is 985. The number of fused-ring (bicyclic) bond motifs is 3. The van der Waals surface area contributed by atoms with Crippen molar-refractivity contribution in [3.8, 4) is 11.1 Å². The predicted octanol–water partition coefficient (Wildman–Crippen LogP) is 3.77. The molecule has 0 unspecified atom stereocenters. The van der Waals surface area contributed by atoms with Gasteiger partial charge in [0.05, 0.1) is 12.0 Å². The molecule has 1 saturated carbocycles. The third-order valence-electron chi connectivity index (χ3n) is 6.36. The van der Waals surface area contributed by atoms with E-state index < -0.39 is 17.6 Å². The van der Waals surface area contributed by atoms with E-state index in [9.17, 15) is 14.4 Å². The number of carbonyl (C=O) groups excluding carboxylic acids is 2. The number of alkyl carbamates (subject to hydrolysis) is 1. The number of carbonyl (C=O) groups is 3. The zero-order valence-electron chi connectivity index (χ0n) is 18.2. The van der Waals surface area contributed by atoms with Gasteiger partial charge in [-0.15, -0.1) is 0 Å². The molecule has 0 spiro atoms. The Morgan fingerprint density at radius 2 is 1.66 bits per heavy atom. The van der Waals surface area contributed by atoms with Gasteiger partial charge in [0.25, 0.3) is 0 Å². The lowest BCUT2D eigenvalue weighted by Crippen LogP contribution is -2.42. The van der Waals surface area contributed by atoms with E-state index in [2.05, 4.69) is 29.6 Å². The van der Waals surface area contributed by atoms with Gasteiger partial charge < -0.3 is 20.1 Å². The van der Waals surface area contributed by atoms with Gasteiger partial charge in [-0.3, -0.25) is 9.59 Å². The molecule has 4 rings (SSSR count). The molecule has 0 saturated heterocycles. The summed E-state index contributed by atoms with van der Waals surface area (Å²) in [5.74, 6) is -0.987. The molecule has 7 heteroatoms. The van der Waals surface area contributed by atoms with Crippen LogP contribution in [-0.4, -0.2) is 53.7 Å². The topological polar surface area (TPSA) is 95.9 Å². The van der Waals surface area contributed by atoms with Gasteiger partial charge in [-0.2, -0.15) is 0 Å². The van der Waals surface area contributed by atoms with Crippen molar-refractivity contribution in [1.82, 2.24) is 10.2 Å². The van der Waals surface area contributed by atoms with Gasteiger partial charge in [-0.25, -0.2) is 4.79 Å². The third-order valence-corrected chi connectivity index (χ3v) is 6.36. The van der Waals surface area contributed by atoms with E-state index in [1.807, 2.05) is 24.3 Å². The van der Waals surface area contributed by atoms with Crippen molar-refractivity contribution < 1.29 is 24.2 Å². The molecule has 0 aliphatic heterocycles. The van der Waals surface area contributed by atoms with Gasteiger partial charge >= 0.3 is 12.1 Å². The Balaban J connectivity index is 1.31. The number of rotatable bonds is 9. The summed E-state index contributed by atoms with van der Waals surface area (Å²) in [5.41, 5.74) is 4.10. The summed E-state index contributed by atoms with van der Waals surface area (Å²) in [6, 6.07) is 16.3. The highest BCUT2D eigenvalue weighted by Crippen LogP contribution is 2.44. The highest BCUT2D eigenvalue weighted by molar-refractivity contribution is 5.80. The zero-order chi connectivity index (χ0) is 22.7. The van der Waals surface area contributed by atoms with Crippen molar-refractivity contribution in [3.63, 3.8) is 0 Å². The van der Waals surface area contributed by atoms with Crippen LogP contribution in [0.2, 0.25) is 0 Å². The molecule has 0 heterocycles. The molecule has 2 aliphatic rings. The first-order valence-electron chi connectivity index (χ1n) is 11.0. The minimum Gasteiger partial charge on any atom is -0.481 e. The largest absolute Gasteiger partial charge is 0.481 e. The fourth-order valence-electron chi connectivity index (χ4n) is 4.36. The maximum absolute atomic E-state index is 12.6. The van der Waals surface area contributed by atoms with Crippen molar-refractivity contribution in [2.75, 3.05) is 20.2 Å². The quantitative estimate of drug-likeness (QED) is 0.624. The molecular weight excluding hydrogens is 408 g/mol. The van der Waals surface area contributed by atoms with Gasteiger partial charge in [0.1, 0.15) is 6.61 Å². The van der Waals surface area contributed by atoms with E-state index in [0.29, 0.717) is 13.0 Å². The lowest BCUT2D eigenvalue weighted by Gasteiger charge is -2.22. The number of carboxylic acid groups (broad SMARTS) is 1. The van der Waals surface area contributed by atoms with Gasteiger partial charge in [-0.1, -0.05) is 48.5 Å². The lowest BCUT2D eigenvalue weighted by molar-refractivity contribution is -0.138. The molecule has 2 aromatic carbocycles. The van der Waals surface area contributed by atoms with Crippen molar-refractivity contribution in [2.24, 2.45) is 0 Å². The van der Waals surface area contributed by atoms with Crippen molar-refractivity contribution in [3.05, 3.63) is 59.7 Å². The number of nitrogens with zero attached hydrogens (tertiary/aromatic N) is 1. The monoisotopic (exact) mass is 436 g/mol. The van der Waals surface area contributed by atoms with Crippen molar-refractivity contribution >= 4 is 18.0 Å². The van der Waals surface area contributed by atoms with Crippen LogP contribution in [0.25, 0.3) is 11.1 Å². The maximum atomic E-state index is 12.6. The Hall–Kier alpha value is -3.35. The second kappa shape index (κ2) is 9.02. The molecule has 2 amide bonds. The average molecular weight is 437 g/mol. The Labute approximate surface area is 187 Å². The van der Waals surface area contributed by atoms with E-state index in [4.69, 9.17) is 9.84 Å². The maximum Gasteiger partial charge on any atom is 0.407 e. The molecule has 2 N–H and O–H groups in total. The van der Waals surface area contributed by atoms with E-state index >= 15 is 0 Å². The SMILES string of the molecule is CN(CCCC(=O)O)C(=O)CC1(NC(=O)OCC2c3ccccc3-c3ccccc32)CC1. The normalized spacial score (nSPS) is 15.4. The van der Waals surface area contributed by atoms with Gasteiger partial charge in [0.15, 0.2) is 0 Å². The minimum atomic E-state index is -0.874. The summed E-state index contributed by atoms with van der Waals surface area (Å²) >= 11 is 0. The van der Waals surface area contributed by atoms with Crippen LogP contribution in [0.1, 0.15) is 49.1 Å². The molecule has 7 nitrogen and oxygen atoms in total. The molecule has 0 radical (unpaired) electrons. The van der Waals surface area contributed by atoms with Crippen LogP contribution in [0, 0.1) is 0 Å². The van der Waals surface area contributed by atoms with E-state index in [0.717, 1.165) is 24.0 Å². The molecule has 0 atom stereocenters. The van der Waals surface area contributed by atoms with Crippen LogP contribution in [0.5, 0.6) is 0 Å². The van der Waals surface area contributed by atoms with Crippen LogP contribution in [0.15, 0.2) is 48.5 Å². The summed E-state index contributed by atoms with van der Waals surface area (Å²) in [4.78, 5) is 37.2. The number of aliphatic carboxylic acids is 1. The van der Waals surface area contributed by atoms with Gasteiger partial charge in [0, 0.05) is 25.9 Å². The number of nitrogens with one attached hydrogen (secondary N) is 1. The molecule has 2 aliphatic carbocycles. The van der Waals surface area contributed by atoms with Gasteiger partial charge in [-0.05, 0) is 41.5 Å². The minimum absolute atomic E-state index is 0.00898. The van der Waals surface area contributed by atoms with Crippen molar-refractivity contribution in [1.29, 1.82) is 0 Å². The smallest absolute Gasteiger partial charge is 0.407 e. The fraction of sp³-hybridized carbons (Fsp3) is 0.400. The highest BCUT2D eigenvalue weighted by Gasteiger charge is 2.46. The summed E-state index contributed by atoms with van der Waals surface area (Å²) in [7, 11) is 1.66. The number of hydrogen-bond donors (Lipinski definition) is 2. The van der Waals surface area contributed by atoms with E-state index in [1.54, 1.807) is 7.05 Å². The standard InChI is InChI=1S/C25H28N2O5/c1-27(14-6-11-23(29)30)22(28)15-25(12-13-25)26-24(31)32-16-21-19-9-4-2-7-17(19)18-8-3-5-10-20(18)21/h2-5,7-10,21H,6,11-16H2,1H3,(H,26,31)(H,29,30). The van der Waals surface area contributed by atoms with Crippen molar-refractivity contribution in [2.45, 2.75) is 43.6 Å². The van der Waals surface area contributed by atoms with Crippen LogP contribution < -0.4 is 5.32 Å². The number of carboxylic acids is 1. The number of amides is 2. The first-order chi connectivity index (χ1) is 15.4. The molecule has 32 heavy (non-hydrogen) atoms. The molecule has 2 aromatic rings. The molecule has 0 bridgehead atoms. The second-order valence-electron chi connectivity index (χ2n) is 8.72. The predicted molar refractivity (Wildman–Crippen MR) is 119 cm³/mol. The number of ether oxygens (including phenoxy) is 1. The molecule has 168 valence electrons. The van der Waals surface area contributed by atoms with Crippen LogP contribution >= 0.6 is 0 Å². The van der Waals surface area contributed by atoms with E-state index in [-0.39, 0.29) is 31.3 Å². The summed E-state index contributed by atoms with van der Waals surface area (Å²) < 4.78 is 5.61. The molecule has 0 aromatic heterocycles. The summed E-state index contributed by atoms with van der Waals surface area (Å²) in [5, 5.41) is 11.6. The van der Waals surface area contributed by atoms with Crippen LogP contribution in [-0.2, 0) is 14.3 Å². The fourth-order valence-corrected chi connectivity index (χ4v) is 4.36. The first kappa shape index (κ1) is 21.9. The van der Waals surface area contributed by atoms with Crippen LogP contribution in [0.4, 0.5) is 4.79 Å². The molecular formula is C25H28N2O5. The second-order valence-corrected chi connectivity index (χ2v) is 8.72. The number of hydrogen-bond acceptors (Lipinski definition) is 4. The summed E-state index contributed by atoms with van der Waals surface area (Å²) in [6.45, 7) is 0.616. The van der Waals surface area contributed by atoms with Crippen LogP contribution in [0.3, 0.4) is 0 Å². The highest BCUT2D eigenvalue weighted by atomic mass is 16.5. The Morgan fingerprint density at radius 1 is 1.06 bits per heavy atom. The third kappa shape index (κ3) is 4.77. The Morgan fingerprint density at radius 3 is 2.22 bits per heavy atom. The lowest BCUT2D eigenvalue weighted by atomic mass is 9.98. The Kier molecular flexibility index (Phi) is 6.17.